The van der Waals surface area contributed by atoms with E-state index in [1.54, 1.807) is 0 Å². The molecule has 132 valence electrons. The number of rotatable bonds is 6. The van der Waals surface area contributed by atoms with E-state index in [9.17, 15) is 9.18 Å². The van der Waals surface area contributed by atoms with E-state index in [-0.39, 0.29) is 17.1 Å². The van der Waals surface area contributed by atoms with Gasteiger partial charge in [-0.05, 0) is 35.4 Å². The monoisotopic (exact) mass is 369 g/mol. The first kappa shape index (κ1) is 18.0. The zero-order valence-corrected chi connectivity index (χ0v) is 14.7. The number of carbonyl (C=O) groups excluding carboxylic acids is 1. The highest BCUT2D eigenvalue weighted by Crippen LogP contribution is 2.19. The molecule has 1 amide bonds. The lowest BCUT2D eigenvalue weighted by Gasteiger charge is -2.12. The van der Waals surface area contributed by atoms with Crippen molar-refractivity contribution in [2.75, 3.05) is 0 Å². The summed E-state index contributed by atoms with van der Waals surface area (Å²) in [5.41, 5.74) is 1.69. The van der Waals surface area contributed by atoms with Gasteiger partial charge in [-0.3, -0.25) is 4.79 Å². The summed E-state index contributed by atoms with van der Waals surface area (Å²) < 4.78 is 19.6. The van der Waals surface area contributed by atoms with Crippen LogP contribution in [-0.2, 0) is 13.2 Å². The standard InChI is InChI=1S/C21H17ClFNO2/c22-18-11-6-12-19(23)20(18)21(25)24-13-15-7-4-5-8-16(15)14-26-17-9-2-1-3-10-17/h1-12H,13-14H2,(H,24,25). The molecule has 0 aliphatic rings. The molecule has 5 heteroatoms. The first-order valence-corrected chi connectivity index (χ1v) is 8.50. The average molecular weight is 370 g/mol. The van der Waals surface area contributed by atoms with Crippen molar-refractivity contribution < 1.29 is 13.9 Å². The Morgan fingerprint density at radius 1 is 0.923 bits per heavy atom. The number of carbonyl (C=O) groups is 1. The Kier molecular flexibility index (Phi) is 5.87. The predicted molar refractivity (Wildman–Crippen MR) is 99.8 cm³/mol. The summed E-state index contributed by atoms with van der Waals surface area (Å²) in [5, 5.41) is 2.80. The molecule has 0 spiro atoms. The van der Waals surface area contributed by atoms with Crippen molar-refractivity contribution in [3.05, 3.63) is 100 Å². The van der Waals surface area contributed by atoms with Crippen molar-refractivity contribution in [2.24, 2.45) is 0 Å². The fourth-order valence-electron chi connectivity index (χ4n) is 2.53. The van der Waals surface area contributed by atoms with Crippen molar-refractivity contribution in [2.45, 2.75) is 13.2 Å². The second kappa shape index (κ2) is 8.50. The Hall–Kier alpha value is -2.85. The van der Waals surface area contributed by atoms with Crippen molar-refractivity contribution in [1.82, 2.24) is 5.32 Å². The van der Waals surface area contributed by atoms with Gasteiger partial charge in [0.05, 0.1) is 10.6 Å². The third-order valence-corrected chi connectivity index (χ3v) is 4.20. The zero-order valence-electron chi connectivity index (χ0n) is 13.9. The second-order valence-corrected chi connectivity index (χ2v) is 6.06. The van der Waals surface area contributed by atoms with E-state index in [1.807, 2.05) is 54.6 Å². The molecule has 0 bridgehead atoms. The summed E-state index contributed by atoms with van der Waals surface area (Å²) in [6, 6.07) is 21.3. The number of hydrogen-bond acceptors (Lipinski definition) is 2. The topological polar surface area (TPSA) is 38.3 Å². The molecular formula is C21H17ClFNO2. The van der Waals surface area contributed by atoms with Crippen molar-refractivity contribution in [3.63, 3.8) is 0 Å². The summed E-state index contributed by atoms with van der Waals surface area (Å²) in [6.07, 6.45) is 0. The minimum Gasteiger partial charge on any atom is -0.489 e. The molecule has 0 saturated carbocycles. The molecule has 0 unspecified atom stereocenters. The molecule has 3 aromatic rings. The molecule has 0 aliphatic carbocycles. The minimum absolute atomic E-state index is 0.0863. The molecule has 0 saturated heterocycles. The molecule has 3 nitrogen and oxygen atoms in total. The number of benzene rings is 3. The van der Waals surface area contributed by atoms with E-state index in [1.165, 1.54) is 18.2 Å². The molecule has 0 fully saturated rings. The highest BCUT2D eigenvalue weighted by atomic mass is 35.5. The number of para-hydroxylation sites is 1. The molecule has 0 heterocycles. The Balaban J connectivity index is 1.68. The lowest BCUT2D eigenvalue weighted by Crippen LogP contribution is -2.25. The first-order valence-electron chi connectivity index (χ1n) is 8.12. The summed E-state index contributed by atoms with van der Waals surface area (Å²) in [5.74, 6) is -0.424. The van der Waals surface area contributed by atoms with Gasteiger partial charge in [0.1, 0.15) is 18.2 Å². The third-order valence-electron chi connectivity index (χ3n) is 3.89. The van der Waals surface area contributed by atoms with Gasteiger partial charge in [0, 0.05) is 6.54 Å². The predicted octanol–water partition coefficient (Wildman–Crippen LogP) is 4.99. The molecule has 0 radical (unpaired) electrons. The Morgan fingerprint density at radius 2 is 1.62 bits per heavy atom. The van der Waals surface area contributed by atoms with Crippen LogP contribution in [-0.4, -0.2) is 5.91 Å². The molecule has 3 aromatic carbocycles. The molecule has 0 atom stereocenters. The van der Waals surface area contributed by atoms with E-state index in [4.69, 9.17) is 16.3 Å². The average Bonchev–Trinajstić information content (AvgIpc) is 2.66. The maximum absolute atomic E-state index is 13.8. The molecule has 3 rings (SSSR count). The lowest BCUT2D eigenvalue weighted by atomic mass is 10.1. The van der Waals surface area contributed by atoms with E-state index in [2.05, 4.69) is 5.32 Å². The van der Waals surface area contributed by atoms with Gasteiger partial charge in [-0.2, -0.15) is 0 Å². The Morgan fingerprint density at radius 3 is 2.35 bits per heavy atom. The molecule has 26 heavy (non-hydrogen) atoms. The third kappa shape index (κ3) is 4.41. The van der Waals surface area contributed by atoms with Gasteiger partial charge in [0.2, 0.25) is 0 Å². The number of nitrogens with one attached hydrogen (secondary N) is 1. The van der Waals surface area contributed by atoms with Gasteiger partial charge >= 0.3 is 0 Å². The van der Waals surface area contributed by atoms with Crippen LogP contribution in [0.2, 0.25) is 5.02 Å². The Bertz CT molecular complexity index is 879. The van der Waals surface area contributed by atoms with Crippen LogP contribution in [0.4, 0.5) is 4.39 Å². The smallest absolute Gasteiger partial charge is 0.256 e. The highest BCUT2D eigenvalue weighted by molar-refractivity contribution is 6.33. The van der Waals surface area contributed by atoms with Crippen LogP contribution in [0.15, 0.2) is 72.8 Å². The van der Waals surface area contributed by atoms with Crippen LogP contribution in [0.25, 0.3) is 0 Å². The van der Waals surface area contributed by atoms with E-state index in [0.717, 1.165) is 16.9 Å². The molecule has 0 aliphatic heterocycles. The maximum atomic E-state index is 13.8. The van der Waals surface area contributed by atoms with Gasteiger partial charge in [-0.25, -0.2) is 4.39 Å². The van der Waals surface area contributed by atoms with Crippen LogP contribution < -0.4 is 10.1 Å². The second-order valence-electron chi connectivity index (χ2n) is 5.65. The van der Waals surface area contributed by atoms with Gasteiger partial charge in [-0.15, -0.1) is 0 Å². The quantitative estimate of drug-likeness (QED) is 0.664. The fourth-order valence-corrected chi connectivity index (χ4v) is 2.78. The molecule has 0 aromatic heterocycles. The van der Waals surface area contributed by atoms with Gasteiger partial charge in [0.15, 0.2) is 0 Å². The maximum Gasteiger partial charge on any atom is 0.256 e. The lowest BCUT2D eigenvalue weighted by molar-refractivity contribution is 0.0947. The van der Waals surface area contributed by atoms with Crippen molar-refractivity contribution >= 4 is 17.5 Å². The molecular weight excluding hydrogens is 353 g/mol. The first-order chi connectivity index (χ1) is 12.6. The summed E-state index contributed by atoms with van der Waals surface area (Å²) in [7, 11) is 0. The van der Waals surface area contributed by atoms with Crippen molar-refractivity contribution in [3.8, 4) is 5.75 Å². The SMILES string of the molecule is O=C(NCc1ccccc1COc1ccccc1)c1c(F)cccc1Cl. The van der Waals surface area contributed by atoms with E-state index < -0.39 is 11.7 Å². The zero-order chi connectivity index (χ0) is 18.4. The van der Waals surface area contributed by atoms with Crippen LogP contribution in [0.3, 0.4) is 0 Å². The van der Waals surface area contributed by atoms with Gasteiger partial charge in [0.25, 0.3) is 5.91 Å². The van der Waals surface area contributed by atoms with Crippen molar-refractivity contribution in [1.29, 1.82) is 0 Å². The van der Waals surface area contributed by atoms with Gasteiger partial charge < -0.3 is 10.1 Å². The summed E-state index contributed by atoms with van der Waals surface area (Å²) >= 11 is 5.93. The summed E-state index contributed by atoms with van der Waals surface area (Å²) in [6.45, 7) is 0.619. The van der Waals surface area contributed by atoms with Crippen LogP contribution in [0.5, 0.6) is 5.75 Å². The van der Waals surface area contributed by atoms with Gasteiger partial charge in [-0.1, -0.05) is 60.1 Å². The Labute approximate surface area is 156 Å². The van der Waals surface area contributed by atoms with Crippen LogP contribution in [0.1, 0.15) is 21.5 Å². The van der Waals surface area contributed by atoms with Crippen LogP contribution in [0, 0.1) is 5.82 Å². The minimum atomic E-state index is -0.643. The number of amides is 1. The largest absolute Gasteiger partial charge is 0.489 e. The number of halogens is 2. The van der Waals surface area contributed by atoms with Crippen LogP contribution >= 0.6 is 11.6 Å². The number of ether oxygens (including phenoxy) is 1. The normalized spacial score (nSPS) is 10.4. The highest BCUT2D eigenvalue weighted by Gasteiger charge is 2.15. The summed E-state index contributed by atoms with van der Waals surface area (Å²) in [4.78, 5) is 12.3. The molecule has 1 N–H and O–H groups in total. The fraction of sp³-hybridized carbons (Fsp3) is 0.0952. The number of hydrogen-bond donors (Lipinski definition) is 1. The van der Waals surface area contributed by atoms with E-state index in [0.29, 0.717) is 6.61 Å². The van der Waals surface area contributed by atoms with E-state index >= 15 is 0 Å².